The SMILES string of the molecule is S=c1[nH]nc(-c2ccccc2Cl)n1/N=C\c1c2ccccc2cc2ccccc12. The van der Waals surface area contributed by atoms with Crippen molar-refractivity contribution in [2.24, 2.45) is 5.10 Å². The quantitative estimate of drug-likeness (QED) is 0.209. The standard InChI is InChI=1S/C23H15ClN4S/c24-21-12-6-5-11-19(21)22-26-27-23(29)28(22)25-14-20-17-9-3-1-7-15(17)13-16-8-2-4-10-18(16)20/h1-14H,(H,27,29)/b25-14-. The Bertz CT molecular complexity index is 1390. The van der Waals surface area contributed by atoms with Crippen LogP contribution in [0.15, 0.2) is 84.0 Å². The lowest BCUT2D eigenvalue weighted by atomic mass is 9.97. The van der Waals surface area contributed by atoms with Gasteiger partial charge in [-0.15, -0.1) is 0 Å². The smallest absolute Gasteiger partial charge is 0.216 e. The first-order valence-electron chi connectivity index (χ1n) is 9.09. The fraction of sp³-hybridized carbons (Fsp3) is 0. The molecule has 1 heterocycles. The van der Waals surface area contributed by atoms with Gasteiger partial charge in [-0.1, -0.05) is 72.3 Å². The third-order valence-electron chi connectivity index (χ3n) is 4.88. The Morgan fingerprint density at radius 2 is 1.52 bits per heavy atom. The lowest BCUT2D eigenvalue weighted by Crippen LogP contribution is -1.96. The van der Waals surface area contributed by atoms with Crippen LogP contribution in [0, 0.1) is 4.77 Å². The van der Waals surface area contributed by atoms with Gasteiger partial charge in [-0.3, -0.25) is 0 Å². The molecule has 1 aromatic heterocycles. The number of hydrogen-bond acceptors (Lipinski definition) is 3. The summed E-state index contributed by atoms with van der Waals surface area (Å²) in [6, 6.07) is 26.3. The van der Waals surface area contributed by atoms with Gasteiger partial charge in [-0.2, -0.15) is 14.9 Å². The van der Waals surface area contributed by atoms with Crippen LogP contribution in [-0.2, 0) is 0 Å². The molecule has 0 spiro atoms. The van der Waals surface area contributed by atoms with E-state index < -0.39 is 0 Å². The number of aromatic nitrogens is 3. The van der Waals surface area contributed by atoms with E-state index in [1.54, 1.807) is 4.68 Å². The molecule has 140 valence electrons. The van der Waals surface area contributed by atoms with Gasteiger partial charge in [0, 0.05) is 11.1 Å². The number of hydrogen-bond donors (Lipinski definition) is 1. The van der Waals surface area contributed by atoms with E-state index in [1.807, 2.05) is 54.7 Å². The van der Waals surface area contributed by atoms with E-state index in [4.69, 9.17) is 23.8 Å². The molecule has 0 unspecified atom stereocenters. The van der Waals surface area contributed by atoms with Crippen molar-refractivity contribution >= 4 is 51.6 Å². The van der Waals surface area contributed by atoms with Gasteiger partial charge in [0.2, 0.25) is 4.77 Å². The van der Waals surface area contributed by atoms with Crippen molar-refractivity contribution < 1.29 is 0 Å². The molecule has 4 aromatic carbocycles. The van der Waals surface area contributed by atoms with Crippen LogP contribution in [0.1, 0.15) is 5.56 Å². The zero-order valence-electron chi connectivity index (χ0n) is 15.2. The second kappa shape index (κ2) is 7.28. The Labute approximate surface area is 177 Å². The molecule has 0 amide bonds. The molecule has 0 aliphatic rings. The molecular formula is C23H15ClN4S. The van der Waals surface area contributed by atoms with E-state index in [-0.39, 0.29) is 0 Å². The molecule has 5 aromatic rings. The van der Waals surface area contributed by atoms with E-state index in [0.717, 1.165) is 32.7 Å². The van der Waals surface area contributed by atoms with Crippen LogP contribution in [-0.4, -0.2) is 21.1 Å². The van der Waals surface area contributed by atoms with Crippen LogP contribution >= 0.6 is 23.8 Å². The maximum Gasteiger partial charge on any atom is 0.216 e. The number of benzene rings is 4. The Hall–Kier alpha value is -3.28. The Morgan fingerprint density at radius 1 is 0.897 bits per heavy atom. The molecule has 0 radical (unpaired) electrons. The van der Waals surface area contributed by atoms with Crippen molar-refractivity contribution in [1.82, 2.24) is 14.9 Å². The summed E-state index contributed by atoms with van der Waals surface area (Å²) in [6.07, 6.45) is 1.84. The number of fused-ring (bicyclic) bond motifs is 2. The number of nitrogens with one attached hydrogen (secondary N) is 1. The van der Waals surface area contributed by atoms with Crippen molar-refractivity contribution in [2.75, 3.05) is 0 Å². The predicted molar refractivity (Wildman–Crippen MR) is 122 cm³/mol. The number of halogens is 1. The summed E-state index contributed by atoms with van der Waals surface area (Å²) in [6.45, 7) is 0. The fourth-order valence-electron chi connectivity index (χ4n) is 3.52. The topological polar surface area (TPSA) is 46.0 Å². The molecule has 4 nitrogen and oxygen atoms in total. The van der Waals surface area contributed by atoms with Crippen LogP contribution in [0.5, 0.6) is 0 Å². The highest BCUT2D eigenvalue weighted by Crippen LogP contribution is 2.28. The van der Waals surface area contributed by atoms with E-state index in [1.165, 1.54) is 0 Å². The first-order chi connectivity index (χ1) is 14.2. The minimum Gasteiger partial charge on any atom is -0.250 e. The van der Waals surface area contributed by atoms with Gasteiger partial charge in [0.05, 0.1) is 11.2 Å². The third-order valence-corrected chi connectivity index (χ3v) is 5.47. The second-order valence-electron chi connectivity index (χ2n) is 6.62. The summed E-state index contributed by atoms with van der Waals surface area (Å²) in [7, 11) is 0. The fourth-order valence-corrected chi connectivity index (χ4v) is 3.92. The monoisotopic (exact) mass is 414 g/mol. The zero-order chi connectivity index (χ0) is 19.8. The molecule has 0 bridgehead atoms. The molecule has 0 aliphatic carbocycles. The summed E-state index contributed by atoms with van der Waals surface area (Å²) >= 11 is 11.8. The van der Waals surface area contributed by atoms with E-state index in [9.17, 15) is 0 Å². The number of rotatable bonds is 3. The summed E-state index contributed by atoms with van der Waals surface area (Å²) < 4.78 is 2.01. The van der Waals surface area contributed by atoms with Crippen molar-refractivity contribution in [3.63, 3.8) is 0 Å². The maximum atomic E-state index is 6.36. The van der Waals surface area contributed by atoms with E-state index in [2.05, 4.69) is 45.6 Å². The number of nitrogens with zero attached hydrogens (tertiary/aromatic N) is 3. The van der Waals surface area contributed by atoms with E-state index >= 15 is 0 Å². The highest BCUT2D eigenvalue weighted by molar-refractivity contribution is 7.71. The normalized spacial score (nSPS) is 11.6. The van der Waals surface area contributed by atoms with Gasteiger partial charge >= 0.3 is 0 Å². The molecule has 0 fully saturated rings. The van der Waals surface area contributed by atoms with Gasteiger partial charge in [-0.25, -0.2) is 5.10 Å². The Morgan fingerprint density at radius 3 is 2.21 bits per heavy atom. The van der Waals surface area contributed by atoms with Gasteiger partial charge in [0.1, 0.15) is 0 Å². The van der Waals surface area contributed by atoms with Crippen LogP contribution in [0.3, 0.4) is 0 Å². The molecule has 1 N–H and O–H groups in total. The van der Waals surface area contributed by atoms with Crippen LogP contribution in [0.4, 0.5) is 0 Å². The molecule has 0 atom stereocenters. The summed E-state index contributed by atoms with van der Waals surface area (Å²) in [4.78, 5) is 0. The molecule has 0 saturated heterocycles. The van der Waals surface area contributed by atoms with Crippen LogP contribution < -0.4 is 0 Å². The zero-order valence-corrected chi connectivity index (χ0v) is 16.8. The predicted octanol–water partition coefficient (Wildman–Crippen LogP) is 6.45. The van der Waals surface area contributed by atoms with Gasteiger partial charge in [0.15, 0.2) is 5.82 Å². The molecule has 0 aliphatic heterocycles. The lowest BCUT2D eigenvalue weighted by molar-refractivity contribution is 0.872. The van der Waals surface area contributed by atoms with E-state index in [0.29, 0.717) is 15.6 Å². The third kappa shape index (κ3) is 3.14. The Balaban J connectivity index is 1.73. The van der Waals surface area contributed by atoms with Gasteiger partial charge in [-0.05, 0) is 52.0 Å². The summed E-state index contributed by atoms with van der Waals surface area (Å²) in [5.74, 6) is 0.571. The molecule has 29 heavy (non-hydrogen) atoms. The number of aromatic amines is 1. The van der Waals surface area contributed by atoms with Crippen LogP contribution in [0.25, 0.3) is 32.9 Å². The Kier molecular flexibility index (Phi) is 4.46. The number of H-pyrrole nitrogens is 1. The largest absolute Gasteiger partial charge is 0.250 e. The van der Waals surface area contributed by atoms with Crippen molar-refractivity contribution in [2.45, 2.75) is 0 Å². The summed E-state index contributed by atoms with van der Waals surface area (Å²) in [5.41, 5.74) is 1.80. The first-order valence-corrected chi connectivity index (χ1v) is 9.88. The minimum atomic E-state index is 0.403. The molecule has 0 saturated carbocycles. The second-order valence-corrected chi connectivity index (χ2v) is 7.41. The molecule has 6 heteroatoms. The highest BCUT2D eigenvalue weighted by Gasteiger charge is 2.12. The molecule has 5 rings (SSSR count). The minimum absolute atomic E-state index is 0.403. The summed E-state index contributed by atoms with van der Waals surface area (Å²) in [5, 5.41) is 17.0. The maximum absolute atomic E-state index is 6.36. The molecular weight excluding hydrogens is 400 g/mol. The first kappa shape index (κ1) is 17.8. The van der Waals surface area contributed by atoms with Crippen molar-refractivity contribution in [1.29, 1.82) is 0 Å². The average Bonchev–Trinajstić information content (AvgIpc) is 3.11. The van der Waals surface area contributed by atoms with Crippen LogP contribution in [0.2, 0.25) is 5.02 Å². The van der Waals surface area contributed by atoms with Gasteiger partial charge in [0.25, 0.3) is 0 Å². The highest BCUT2D eigenvalue weighted by atomic mass is 35.5. The average molecular weight is 415 g/mol. The lowest BCUT2D eigenvalue weighted by Gasteiger charge is -2.08. The van der Waals surface area contributed by atoms with Crippen molar-refractivity contribution in [3.05, 3.63) is 94.2 Å². The van der Waals surface area contributed by atoms with Gasteiger partial charge < -0.3 is 0 Å². The van der Waals surface area contributed by atoms with Crippen molar-refractivity contribution in [3.8, 4) is 11.4 Å².